The highest BCUT2D eigenvalue weighted by molar-refractivity contribution is 5.93. The molecule has 2 aromatic carbocycles. The number of rotatable bonds is 8. The van der Waals surface area contributed by atoms with Crippen LogP contribution in [0.2, 0.25) is 0 Å². The number of para-hydroxylation sites is 1. The minimum Gasteiger partial charge on any atom is -0.504 e. The van der Waals surface area contributed by atoms with Crippen LogP contribution in [-0.4, -0.2) is 59.4 Å². The molecule has 0 radical (unpaired) electrons. The molecular weight excluding hydrogens is 418 g/mol. The number of halogens is 1. The molecule has 0 aliphatic heterocycles. The number of anilines is 1. The van der Waals surface area contributed by atoms with E-state index < -0.39 is 6.10 Å². The van der Waals surface area contributed by atoms with Crippen LogP contribution in [0.5, 0.6) is 11.5 Å². The Labute approximate surface area is 191 Å². The number of phenols is 2. The van der Waals surface area contributed by atoms with Crippen molar-refractivity contribution in [1.29, 1.82) is 0 Å². The molecule has 1 amide bonds. The molecule has 2 aromatic rings. The van der Waals surface area contributed by atoms with E-state index in [0.29, 0.717) is 18.7 Å². The zero-order valence-electron chi connectivity index (χ0n) is 19.0. The molecule has 0 unspecified atom stereocenters. The van der Waals surface area contributed by atoms with Crippen molar-refractivity contribution in [3.63, 3.8) is 0 Å². The average molecular weight is 454 g/mol. The van der Waals surface area contributed by atoms with Gasteiger partial charge in [-0.1, -0.05) is 38.1 Å². The Morgan fingerprint density at radius 1 is 1.03 bits per heavy atom. The van der Waals surface area contributed by atoms with Crippen LogP contribution in [-0.2, 0) is 4.79 Å². The molecule has 0 heterocycles. The molecule has 0 saturated carbocycles. The molecular formula is C23H36ClN3O4. The fourth-order valence-corrected chi connectivity index (χ4v) is 2.90. The van der Waals surface area contributed by atoms with E-state index in [-0.39, 0.29) is 29.8 Å². The number of aromatic hydroxyl groups is 2. The molecule has 7 nitrogen and oxygen atoms in total. The van der Waals surface area contributed by atoms with E-state index in [0.717, 1.165) is 29.9 Å². The van der Waals surface area contributed by atoms with E-state index in [2.05, 4.69) is 29.4 Å². The van der Waals surface area contributed by atoms with Crippen LogP contribution < -0.4 is 10.6 Å². The summed E-state index contributed by atoms with van der Waals surface area (Å²) in [5.74, 6) is -0.334. The number of nitrogens with one attached hydrogen (secondary N) is 2. The van der Waals surface area contributed by atoms with Gasteiger partial charge in [0.25, 0.3) is 0 Å². The summed E-state index contributed by atoms with van der Waals surface area (Å²) < 4.78 is 0. The van der Waals surface area contributed by atoms with Crippen LogP contribution in [0.4, 0.5) is 5.69 Å². The monoisotopic (exact) mass is 453 g/mol. The SMILES string of the molecule is CCN(CC)CC(=O)Nc1c(C)cccc1C.CNC[C@H](O)c1ccc(O)c(O)c1.Cl. The van der Waals surface area contributed by atoms with Crippen molar-refractivity contribution in [2.45, 2.75) is 33.8 Å². The van der Waals surface area contributed by atoms with Gasteiger partial charge in [0.2, 0.25) is 5.91 Å². The number of amides is 1. The van der Waals surface area contributed by atoms with Crippen molar-refractivity contribution in [1.82, 2.24) is 10.2 Å². The summed E-state index contributed by atoms with van der Waals surface area (Å²) in [7, 11) is 1.73. The van der Waals surface area contributed by atoms with Gasteiger partial charge in [0, 0.05) is 12.2 Å². The fourth-order valence-electron chi connectivity index (χ4n) is 2.90. The minimum absolute atomic E-state index is 0. The maximum Gasteiger partial charge on any atom is 0.238 e. The third kappa shape index (κ3) is 9.57. The van der Waals surface area contributed by atoms with Crippen molar-refractivity contribution in [2.24, 2.45) is 0 Å². The van der Waals surface area contributed by atoms with Crippen molar-refractivity contribution < 1.29 is 20.1 Å². The molecule has 5 N–H and O–H groups in total. The molecule has 1 atom stereocenters. The van der Waals surface area contributed by atoms with Crippen LogP contribution in [0.25, 0.3) is 0 Å². The van der Waals surface area contributed by atoms with E-state index in [1.54, 1.807) is 13.1 Å². The van der Waals surface area contributed by atoms with E-state index in [1.807, 2.05) is 32.0 Å². The molecule has 0 bridgehead atoms. The second-order valence-corrected chi connectivity index (χ2v) is 7.10. The number of aliphatic hydroxyl groups is 1. The third-order valence-electron chi connectivity index (χ3n) is 4.79. The lowest BCUT2D eigenvalue weighted by molar-refractivity contribution is -0.117. The Morgan fingerprint density at radius 3 is 2.10 bits per heavy atom. The second kappa shape index (κ2) is 14.6. The number of carbonyl (C=O) groups is 1. The number of aryl methyl sites for hydroxylation is 2. The molecule has 0 saturated heterocycles. The Hall–Kier alpha value is -2.32. The average Bonchev–Trinajstić information content (AvgIpc) is 2.71. The van der Waals surface area contributed by atoms with Gasteiger partial charge in [-0.05, 0) is 62.8 Å². The number of hydrogen-bond acceptors (Lipinski definition) is 6. The lowest BCUT2D eigenvalue weighted by Crippen LogP contribution is -2.33. The van der Waals surface area contributed by atoms with Gasteiger partial charge in [0.05, 0.1) is 12.6 Å². The van der Waals surface area contributed by atoms with Gasteiger partial charge in [-0.2, -0.15) is 0 Å². The first kappa shape index (κ1) is 28.7. The number of hydrogen-bond donors (Lipinski definition) is 5. The van der Waals surface area contributed by atoms with Crippen LogP contribution >= 0.6 is 12.4 Å². The van der Waals surface area contributed by atoms with Gasteiger partial charge in [-0.25, -0.2) is 0 Å². The maximum atomic E-state index is 11.9. The smallest absolute Gasteiger partial charge is 0.238 e. The van der Waals surface area contributed by atoms with Crippen LogP contribution in [0.15, 0.2) is 36.4 Å². The van der Waals surface area contributed by atoms with Crippen molar-refractivity contribution in [3.05, 3.63) is 53.1 Å². The summed E-state index contributed by atoms with van der Waals surface area (Å²) in [6, 6.07) is 10.3. The Balaban J connectivity index is 0.000000581. The summed E-state index contributed by atoms with van der Waals surface area (Å²) in [6.07, 6.45) is -0.670. The molecule has 8 heteroatoms. The Kier molecular flexibility index (Phi) is 13.5. The van der Waals surface area contributed by atoms with Gasteiger partial charge in [-0.3, -0.25) is 9.69 Å². The minimum atomic E-state index is -0.670. The predicted molar refractivity (Wildman–Crippen MR) is 128 cm³/mol. The van der Waals surface area contributed by atoms with Gasteiger partial charge >= 0.3 is 0 Å². The number of nitrogens with zero attached hydrogens (tertiary/aromatic N) is 1. The van der Waals surface area contributed by atoms with E-state index in [1.165, 1.54) is 12.1 Å². The quantitative estimate of drug-likeness (QED) is 0.392. The first-order chi connectivity index (χ1) is 14.2. The van der Waals surface area contributed by atoms with Crippen LogP contribution in [0, 0.1) is 13.8 Å². The lowest BCUT2D eigenvalue weighted by Gasteiger charge is -2.18. The molecule has 0 fully saturated rings. The van der Waals surface area contributed by atoms with E-state index >= 15 is 0 Å². The van der Waals surface area contributed by atoms with E-state index in [4.69, 9.17) is 10.2 Å². The standard InChI is InChI=1S/C14H22N2O.C9H13NO3.ClH/c1-5-16(6-2)10-13(17)15-14-11(3)8-7-9-12(14)4;1-10-5-9(13)6-2-3-7(11)8(12)4-6;/h7-9H,5-6,10H2,1-4H3,(H,15,17);2-4,9-13H,5H2,1H3;1H/t;9-;/m.0./s1. The molecule has 31 heavy (non-hydrogen) atoms. The third-order valence-corrected chi connectivity index (χ3v) is 4.79. The lowest BCUT2D eigenvalue weighted by atomic mass is 10.1. The first-order valence-electron chi connectivity index (χ1n) is 10.2. The van der Waals surface area contributed by atoms with Crippen molar-refractivity contribution in [3.8, 4) is 11.5 Å². The van der Waals surface area contributed by atoms with Gasteiger partial charge in [-0.15, -0.1) is 12.4 Å². The second-order valence-electron chi connectivity index (χ2n) is 7.10. The van der Waals surface area contributed by atoms with Crippen LogP contribution in [0.3, 0.4) is 0 Å². The number of benzene rings is 2. The molecule has 174 valence electrons. The highest BCUT2D eigenvalue weighted by Gasteiger charge is 2.10. The number of likely N-dealkylation sites (N-methyl/N-ethyl adjacent to an activating group) is 2. The molecule has 0 aromatic heterocycles. The first-order valence-corrected chi connectivity index (χ1v) is 10.2. The van der Waals surface area contributed by atoms with Crippen molar-refractivity contribution in [2.75, 3.05) is 38.5 Å². The number of carbonyl (C=O) groups excluding carboxylic acids is 1. The summed E-state index contributed by atoms with van der Waals surface area (Å²) in [5.41, 5.74) is 3.74. The zero-order chi connectivity index (χ0) is 22.7. The Morgan fingerprint density at radius 2 is 1.61 bits per heavy atom. The Bertz CT molecular complexity index is 793. The molecule has 0 spiro atoms. The van der Waals surface area contributed by atoms with Crippen LogP contribution in [0.1, 0.15) is 36.6 Å². The zero-order valence-corrected chi connectivity index (χ0v) is 19.8. The molecule has 2 rings (SSSR count). The highest BCUT2D eigenvalue weighted by atomic mass is 35.5. The normalized spacial score (nSPS) is 11.2. The summed E-state index contributed by atoms with van der Waals surface area (Å²) in [5, 5.41) is 33.4. The number of aliphatic hydroxyl groups excluding tert-OH is 1. The predicted octanol–water partition coefficient (Wildman–Crippen LogP) is 3.36. The van der Waals surface area contributed by atoms with Crippen molar-refractivity contribution >= 4 is 24.0 Å². The van der Waals surface area contributed by atoms with Gasteiger partial charge in [0.1, 0.15) is 0 Å². The largest absolute Gasteiger partial charge is 0.504 e. The molecule has 0 aliphatic rings. The van der Waals surface area contributed by atoms with Gasteiger partial charge < -0.3 is 26.0 Å². The fraction of sp³-hybridized carbons (Fsp3) is 0.435. The highest BCUT2D eigenvalue weighted by Crippen LogP contribution is 2.27. The van der Waals surface area contributed by atoms with E-state index in [9.17, 15) is 9.90 Å². The topological polar surface area (TPSA) is 105 Å². The molecule has 0 aliphatic carbocycles. The van der Waals surface area contributed by atoms with Gasteiger partial charge in [0.15, 0.2) is 11.5 Å². The number of phenolic OH excluding ortho intramolecular Hbond substituents is 2. The summed E-state index contributed by atoms with van der Waals surface area (Å²) in [6.45, 7) is 10.8. The maximum absolute atomic E-state index is 11.9. The summed E-state index contributed by atoms with van der Waals surface area (Å²) in [4.78, 5) is 14.0. The summed E-state index contributed by atoms with van der Waals surface area (Å²) >= 11 is 0.